The molecule has 1 amide bonds. The van der Waals surface area contributed by atoms with Crippen LogP contribution in [0.15, 0.2) is 24.3 Å². The van der Waals surface area contributed by atoms with Gasteiger partial charge in [0, 0.05) is 11.6 Å². The molecule has 1 aliphatic heterocycles. The zero-order valence-corrected chi connectivity index (χ0v) is 10.6. The first-order chi connectivity index (χ1) is 9.33. The van der Waals surface area contributed by atoms with Crippen LogP contribution in [-0.2, 0) is 0 Å². The maximum Gasteiger partial charge on any atom is 0.573 e. The van der Waals surface area contributed by atoms with Gasteiger partial charge >= 0.3 is 6.36 Å². The fourth-order valence-electron chi connectivity index (χ4n) is 1.86. The van der Waals surface area contributed by atoms with Crippen molar-refractivity contribution in [1.82, 2.24) is 16.2 Å². The molecule has 0 radical (unpaired) electrons. The monoisotopic (exact) mass is 289 g/mol. The highest BCUT2D eigenvalue weighted by Crippen LogP contribution is 2.22. The lowest BCUT2D eigenvalue weighted by molar-refractivity contribution is -0.274. The zero-order chi connectivity index (χ0) is 14.8. The molecule has 1 aliphatic rings. The number of carbonyl (C=O) groups excluding carboxylic acids is 1. The van der Waals surface area contributed by atoms with Gasteiger partial charge in [-0.15, -0.1) is 13.2 Å². The number of halogens is 3. The van der Waals surface area contributed by atoms with Crippen molar-refractivity contribution in [1.29, 1.82) is 0 Å². The van der Waals surface area contributed by atoms with E-state index in [4.69, 9.17) is 0 Å². The summed E-state index contributed by atoms with van der Waals surface area (Å²) in [5.41, 5.74) is 6.11. The number of benzene rings is 1. The van der Waals surface area contributed by atoms with Gasteiger partial charge in [0.2, 0.25) is 0 Å². The number of hydrogen-bond acceptors (Lipinski definition) is 4. The molecule has 0 aromatic heterocycles. The summed E-state index contributed by atoms with van der Waals surface area (Å²) in [4.78, 5) is 11.9. The summed E-state index contributed by atoms with van der Waals surface area (Å²) in [6.07, 6.45) is -4.22. The van der Waals surface area contributed by atoms with Gasteiger partial charge in [0.1, 0.15) is 5.75 Å². The van der Waals surface area contributed by atoms with E-state index in [0.29, 0.717) is 0 Å². The molecule has 1 fully saturated rings. The minimum absolute atomic E-state index is 0.205. The van der Waals surface area contributed by atoms with Crippen LogP contribution in [-0.4, -0.2) is 24.5 Å². The van der Waals surface area contributed by atoms with Crippen molar-refractivity contribution < 1.29 is 22.7 Å². The highest BCUT2D eigenvalue weighted by molar-refractivity contribution is 5.94. The molecule has 0 spiro atoms. The van der Waals surface area contributed by atoms with E-state index in [1.54, 1.807) is 0 Å². The molecular weight excluding hydrogens is 275 g/mol. The van der Waals surface area contributed by atoms with Gasteiger partial charge in [-0.05, 0) is 37.6 Å². The van der Waals surface area contributed by atoms with E-state index in [-0.39, 0.29) is 29.4 Å². The summed E-state index contributed by atoms with van der Waals surface area (Å²) in [6.45, 7) is 1.96. The molecule has 2 atom stereocenters. The molecule has 1 aromatic rings. The number of alkyl halides is 3. The van der Waals surface area contributed by atoms with E-state index in [0.717, 1.165) is 18.6 Å². The van der Waals surface area contributed by atoms with Crippen LogP contribution in [0, 0.1) is 0 Å². The topological polar surface area (TPSA) is 62.4 Å². The molecule has 5 nitrogen and oxygen atoms in total. The van der Waals surface area contributed by atoms with Gasteiger partial charge < -0.3 is 10.1 Å². The van der Waals surface area contributed by atoms with Crippen LogP contribution in [0.3, 0.4) is 0 Å². The van der Waals surface area contributed by atoms with Crippen molar-refractivity contribution in [3.8, 4) is 5.75 Å². The summed E-state index contributed by atoms with van der Waals surface area (Å²) < 4.78 is 39.7. The average molecular weight is 289 g/mol. The Labute approximate surface area is 113 Å². The van der Waals surface area contributed by atoms with E-state index in [2.05, 4.69) is 20.9 Å². The quantitative estimate of drug-likeness (QED) is 0.789. The van der Waals surface area contributed by atoms with Gasteiger partial charge in [0.05, 0.1) is 6.17 Å². The smallest absolute Gasteiger partial charge is 0.406 e. The van der Waals surface area contributed by atoms with Crippen LogP contribution < -0.4 is 20.9 Å². The minimum atomic E-state index is -4.74. The second kappa shape index (κ2) is 5.68. The van der Waals surface area contributed by atoms with Crippen LogP contribution in [0.4, 0.5) is 13.2 Å². The first kappa shape index (κ1) is 14.6. The van der Waals surface area contributed by atoms with Crippen LogP contribution >= 0.6 is 0 Å². The zero-order valence-electron chi connectivity index (χ0n) is 10.6. The summed E-state index contributed by atoms with van der Waals surface area (Å²) in [7, 11) is 0. The van der Waals surface area contributed by atoms with Gasteiger partial charge in [-0.2, -0.15) is 0 Å². The number of amides is 1. The van der Waals surface area contributed by atoms with Crippen molar-refractivity contribution in [2.75, 3.05) is 0 Å². The number of hydrazine groups is 1. The highest BCUT2D eigenvalue weighted by atomic mass is 19.4. The summed E-state index contributed by atoms with van der Waals surface area (Å²) in [5, 5.41) is 2.72. The Bertz CT molecular complexity index is 476. The van der Waals surface area contributed by atoms with E-state index in [1.165, 1.54) is 12.1 Å². The van der Waals surface area contributed by atoms with Gasteiger partial charge in [-0.25, -0.2) is 5.43 Å². The maximum absolute atomic E-state index is 12.0. The first-order valence-corrected chi connectivity index (χ1v) is 6.01. The molecule has 0 aliphatic carbocycles. The molecule has 1 saturated heterocycles. The van der Waals surface area contributed by atoms with E-state index in [9.17, 15) is 18.0 Å². The van der Waals surface area contributed by atoms with Crippen molar-refractivity contribution in [3.05, 3.63) is 29.8 Å². The van der Waals surface area contributed by atoms with Crippen LogP contribution in [0.1, 0.15) is 23.7 Å². The largest absolute Gasteiger partial charge is 0.573 e. The second-order valence-corrected chi connectivity index (χ2v) is 4.52. The van der Waals surface area contributed by atoms with Crippen molar-refractivity contribution in [3.63, 3.8) is 0 Å². The highest BCUT2D eigenvalue weighted by Gasteiger charge is 2.31. The Morgan fingerprint density at radius 3 is 2.45 bits per heavy atom. The number of nitrogens with one attached hydrogen (secondary N) is 3. The normalized spacial score (nSPS) is 22.6. The van der Waals surface area contributed by atoms with Gasteiger partial charge in [-0.1, -0.05) is 0 Å². The van der Waals surface area contributed by atoms with Crippen LogP contribution in [0.25, 0.3) is 0 Å². The lowest BCUT2D eigenvalue weighted by Crippen LogP contribution is -2.44. The fourth-order valence-corrected chi connectivity index (χ4v) is 1.86. The average Bonchev–Trinajstić information content (AvgIpc) is 2.73. The number of carbonyl (C=O) groups is 1. The summed E-state index contributed by atoms with van der Waals surface area (Å²) in [6, 6.07) is 5.00. The van der Waals surface area contributed by atoms with Crippen molar-refractivity contribution in [2.45, 2.75) is 31.9 Å². The Morgan fingerprint density at radius 1 is 1.30 bits per heavy atom. The standard InChI is InChI=1S/C12H14F3N3O2/c1-7-6-10(18-17-7)16-11(19)8-2-4-9(5-3-8)20-12(13,14)15/h2-5,7,10,17-18H,6H2,1H3,(H,16,19). The molecule has 0 saturated carbocycles. The first-order valence-electron chi connectivity index (χ1n) is 6.01. The second-order valence-electron chi connectivity index (χ2n) is 4.52. The van der Waals surface area contributed by atoms with Gasteiger partial charge in [0.15, 0.2) is 0 Å². The van der Waals surface area contributed by atoms with E-state index in [1.807, 2.05) is 6.92 Å². The minimum Gasteiger partial charge on any atom is -0.406 e. The molecule has 3 N–H and O–H groups in total. The van der Waals surface area contributed by atoms with Gasteiger partial charge in [-0.3, -0.25) is 10.2 Å². The predicted octanol–water partition coefficient (Wildman–Crippen LogP) is 1.53. The predicted molar refractivity (Wildman–Crippen MR) is 64.7 cm³/mol. The third-order valence-electron chi connectivity index (χ3n) is 2.75. The summed E-state index contributed by atoms with van der Waals surface area (Å²) >= 11 is 0. The third kappa shape index (κ3) is 4.10. The Hall–Kier alpha value is -1.80. The van der Waals surface area contributed by atoms with Gasteiger partial charge in [0.25, 0.3) is 5.91 Å². The van der Waals surface area contributed by atoms with E-state index < -0.39 is 6.36 Å². The molecule has 110 valence electrons. The Morgan fingerprint density at radius 2 is 1.95 bits per heavy atom. The molecule has 20 heavy (non-hydrogen) atoms. The van der Waals surface area contributed by atoms with Crippen LogP contribution in [0.2, 0.25) is 0 Å². The molecule has 1 heterocycles. The number of hydrogen-bond donors (Lipinski definition) is 3. The number of ether oxygens (including phenoxy) is 1. The molecule has 0 bridgehead atoms. The third-order valence-corrected chi connectivity index (χ3v) is 2.75. The maximum atomic E-state index is 12.0. The Kier molecular flexibility index (Phi) is 4.15. The molecule has 8 heteroatoms. The Balaban J connectivity index is 1.94. The number of rotatable bonds is 3. The summed E-state index contributed by atoms with van der Waals surface area (Å²) in [5.74, 6) is -0.722. The fraction of sp³-hybridized carbons (Fsp3) is 0.417. The lowest BCUT2D eigenvalue weighted by Gasteiger charge is -2.13. The molecule has 1 aromatic carbocycles. The molecule has 2 rings (SSSR count). The van der Waals surface area contributed by atoms with Crippen molar-refractivity contribution >= 4 is 5.91 Å². The van der Waals surface area contributed by atoms with Crippen LogP contribution in [0.5, 0.6) is 5.75 Å². The molecule has 2 unspecified atom stereocenters. The SMILES string of the molecule is CC1CC(NC(=O)c2ccc(OC(F)(F)F)cc2)NN1. The molecular formula is C12H14F3N3O2. The van der Waals surface area contributed by atoms with E-state index >= 15 is 0 Å². The lowest BCUT2D eigenvalue weighted by atomic mass is 10.2. The van der Waals surface area contributed by atoms with Crippen molar-refractivity contribution in [2.24, 2.45) is 0 Å².